The Morgan fingerprint density at radius 1 is 1.00 bits per heavy atom. The van der Waals surface area contributed by atoms with Crippen molar-refractivity contribution in [1.82, 2.24) is 14.2 Å². The lowest BCUT2D eigenvalue weighted by atomic mass is 10.1. The van der Waals surface area contributed by atoms with E-state index in [1.54, 1.807) is 17.0 Å². The fourth-order valence-electron chi connectivity index (χ4n) is 3.95. The summed E-state index contributed by atoms with van der Waals surface area (Å²) >= 11 is 1.52. The molecular weight excluding hydrogens is 468 g/mol. The van der Waals surface area contributed by atoms with Gasteiger partial charge in [-0.1, -0.05) is 31.3 Å². The van der Waals surface area contributed by atoms with E-state index >= 15 is 0 Å². The Labute approximate surface area is 207 Å². The van der Waals surface area contributed by atoms with Gasteiger partial charge in [-0.15, -0.1) is 0 Å². The molecule has 0 aliphatic heterocycles. The molecule has 2 aromatic carbocycles. The first-order chi connectivity index (χ1) is 16.1. The molecule has 3 aromatic rings. The molecule has 0 unspecified atom stereocenters. The molecule has 184 valence electrons. The summed E-state index contributed by atoms with van der Waals surface area (Å²) in [6.07, 6.45) is 0.793. The van der Waals surface area contributed by atoms with Crippen LogP contribution in [0.25, 0.3) is 10.2 Å². The number of carbonyl (C=O) groups is 1. The molecule has 1 amide bonds. The fourth-order valence-corrected chi connectivity index (χ4v) is 6.45. The van der Waals surface area contributed by atoms with Crippen LogP contribution in [0.2, 0.25) is 0 Å². The molecule has 0 aliphatic carbocycles. The van der Waals surface area contributed by atoms with Crippen molar-refractivity contribution in [2.24, 2.45) is 0 Å². The number of hydrogen-bond acceptors (Lipinski definition) is 6. The molecular formula is C25H34N4O3S2. The standard InChI is InChI=1S/C25H34N4O3S2/c1-7-28(8-2)34(31,32)21-12-10-20(11-13-21)24(30)29(15-9-14-27(5)6)25-26-22-17-18(3)16-19(4)23(22)33-25/h10-13,16-17H,7-9,14-15H2,1-6H3. The molecule has 0 atom stereocenters. The van der Waals surface area contributed by atoms with Crippen molar-refractivity contribution in [1.29, 1.82) is 0 Å². The average Bonchev–Trinajstić information content (AvgIpc) is 3.21. The summed E-state index contributed by atoms with van der Waals surface area (Å²) in [4.78, 5) is 22.4. The second-order valence-electron chi connectivity index (χ2n) is 8.65. The van der Waals surface area contributed by atoms with Crippen LogP contribution in [-0.2, 0) is 10.0 Å². The summed E-state index contributed by atoms with van der Waals surface area (Å²) in [5.74, 6) is -0.182. The summed E-state index contributed by atoms with van der Waals surface area (Å²) in [5, 5.41) is 0.660. The minimum absolute atomic E-state index is 0.182. The molecule has 0 spiro atoms. The summed E-state index contributed by atoms with van der Waals surface area (Å²) < 4.78 is 28.1. The van der Waals surface area contributed by atoms with Gasteiger partial charge in [0.1, 0.15) is 0 Å². The largest absolute Gasteiger partial charge is 0.309 e. The van der Waals surface area contributed by atoms with Gasteiger partial charge in [-0.3, -0.25) is 9.69 Å². The van der Waals surface area contributed by atoms with Gasteiger partial charge in [0.05, 0.1) is 15.1 Å². The summed E-state index contributed by atoms with van der Waals surface area (Å²) in [5.41, 5.74) is 3.61. The maximum atomic E-state index is 13.6. The van der Waals surface area contributed by atoms with E-state index in [0.717, 1.165) is 34.3 Å². The first kappa shape index (κ1) is 26.3. The highest BCUT2D eigenvalue weighted by Crippen LogP contribution is 2.33. The number of amides is 1. The van der Waals surface area contributed by atoms with Gasteiger partial charge in [-0.2, -0.15) is 4.31 Å². The quantitative estimate of drug-likeness (QED) is 0.407. The predicted octanol–water partition coefficient (Wildman–Crippen LogP) is 4.54. The molecule has 0 fully saturated rings. The van der Waals surface area contributed by atoms with Crippen molar-refractivity contribution in [3.63, 3.8) is 0 Å². The van der Waals surface area contributed by atoms with Gasteiger partial charge >= 0.3 is 0 Å². The molecule has 3 rings (SSSR count). The third-order valence-electron chi connectivity index (χ3n) is 5.72. The van der Waals surface area contributed by atoms with E-state index in [1.807, 2.05) is 40.9 Å². The van der Waals surface area contributed by atoms with Crippen LogP contribution in [0.5, 0.6) is 0 Å². The van der Waals surface area contributed by atoms with E-state index in [2.05, 4.69) is 17.9 Å². The minimum Gasteiger partial charge on any atom is -0.309 e. The highest BCUT2D eigenvalue weighted by Gasteiger charge is 2.24. The Hall–Kier alpha value is -2.33. The Balaban J connectivity index is 1.95. The van der Waals surface area contributed by atoms with E-state index < -0.39 is 10.0 Å². The second-order valence-corrected chi connectivity index (χ2v) is 11.6. The van der Waals surface area contributed by atoms with Crippen molar-refractivity contribution in [2.75, 3.05) is 45.2 Å². The number of nitrogens with zero attached hydrogens (tertiary/aromatic N) is 4. The maximum Gasteiger partial charge on any atom is 0.260 e. The number of benzene rings is 2. The summed E-state index contributed by atoms with van der Waals surface area (Å²) in [7, 11) is 0.437. The lowest BCUT2D eigenvalue weighted by Crippen LogP contribution is -2.33. The van der Waals surface area contributed by atoms with Gasteiger partial charge in [0.2, 0.25) is 10.0 Å². The molecule has 0 saturated heterocycles. The topological polar surface area (TPSA) is 73.8 Å². The zero-order valence-electron chi connectivity index (χ0n) is 20.8. The molecule has 34 heavy (non-hydrogen) atoms. The van der Waals surface area contributed by atoms with Crippen molar-refractivity contribution in [3.8, 4) is 0 Å². The molecule has 0 aliphatic rings. The number of hydrogen-bond donors (Lipinski definition) is 0. The monoisotopic (exact) mass is 502 g/mol. The first-order valence-corrected chi connectivity index (χ1v) is 13.8. The Morgan fingerprint density at radius 2 is 1.65 bits per heavy atom. The Bertz CT molecular complexity index is 1250. The zero-order chi connectivity index (χ0) is 25.0. The van der Waals surface area contributed by atoms with Gasteiger partial charge in [-0.25, -0.2) is 13.4 Å². The second kappa shape index (κ2) is 10.9. The molecule has 0 radical (unpaired) electrons. The van der Waals surface area contributed by atoms with E-state index in [9.17, 15) is 13.2 Å². The molecule has 7 nitrogen and oxygen atoms in total. The van der Waals surface area contributed by atoms with Crippen LogP contribution in [-0.4, -0.2) is 68.8 Å². The normalized spacial score (nSPS) is 12.1. The predicted molar refractivity (Wildman–Crippen MR) is 140 cm³/mol. The van der Waals surface area contributed by atoms with Crippen LogP contribution in [0.3, 0.4) is 0 Å². The number of sulfonamides is 1. The van der Waals surface area contributed by atoms with Gasteiger partial charge in [-0.05, 0) is 82.4 Å². The average molecular weight is 503 g/mol. The molecule has 9 heteroatoms. The highest BCUT2D eigenvalue weighted by atomic mass is 32.2. The Morgan fingerprint density at radius 3 is 2.24 bits per heavy atom. The number of aryl methyl sites for hydroxylation is 2. The third-order valence-corrected chi connectivity index (χ3v) is 9.01. The lowest BCUT2D eigenvalue weighted by Gasteiger charge is -2.22. The van der Waals surface area contributed by atoms with Crippen molar-refractivity contribution in [2.45, 2.75) is 39.0 Å². The van der Waals surface area contributed by atoms with Crippen LogP contribution < -0.4 is 4.90 Å². The fraction of sp³-hybridized carbons (Fsp3) is 0.440. The molecule has 0 saturated carbocycles. The van der Waals surface area contributed by atoms with Crippen molar-refractivity contribution >= 4 is 42.6 Å². The van der Waals surface area contributed by atoms with E-state index in [0.29, 0.717) is 30.3 Å². The van der Waals surface area contributed by atoms with Crippen LogP contribution in [0.15, 0.2) is 41.3 Å². The lowest BCUT2D eigenvalue weighted by molar-refractivity contribution is 0.0986. The van der Waals surface area contributed by atoms with Crippen LogP contribution in [0, 0.1) is 13.8 Å². The smallest absolute Gasteiger partial charge is 0.260 e. The Kier molecular flexibility index (Phi) is 8.46. The van der Waals surface area contributed by atoms with E-state index in [-0.39, 0.29) is 10.8 Å². The molecule has 0 bridgehead atoms. The number of fused-ring (bicyclic) bond motifs is 1. The maximum absolute atomic E-state index is 13.6. The molecule has 0 N–H and O–H groups in total. The van der Waals surface area contributed by atoms with Crippen molar-refractivity contribution < 1.29 is 13.2 Å². The van der Waals surface area contributed by atoms with Crippen molar-refractivity contribution in [3.05, 3.63) is 53.1 Å². The molecule has 1 heterocycles. The highest BCUT2D eigenvalue weighted by molar-refractivity contribution is 7.89. The summed E-state index contributed by atoms with van der Waals surface area (Å²) in [6, 6.07) is 10.4. The minimum atomic E-state index is -3.57. The number of anilines is 1. The number of rotatable bonds is 10. The van der Waals surface area contributed by atoms with Crippen LogP contribution in [0.1, 0.15) is 41.8 Å². The van der Waals surface area contributed by atoms with Gasteiger partial charge in [0.25, 0.3) is 5.91 Å². The van der Waals surface area contributed by atoms with Gasteiger partial charge < -0.3 is 4.90 Å². The third kappa shape index (κ3) is 5.66. The molecule has 1 aromatic heterocycles. The zero-order valence-corrected chi connectivity index (χ0v) is 22.5. The number of thiazole rings is 1. The first-order valence-electron chi connectivity index (χ1n) is 11.5. The van der Waals surface area contributed by atoms with Crippen LogP contribution in [0.4, 0.5) is 5.13 Å². The number of aromatic nitrogens is 1. The summed E-state index contributed by atoms with van der Waals surface area (Å²) in [6.45, 7) is 9.88. The SMILES string of the molecule is CCN(CC)S(=O)(=O)c1ccc(C(=O)N(CCCN(C)C)c2nc3cc(C)cc(C)c3s2)cc1. The van der Waals surface area contributed by atoms with E-state index in [4.69, 9.17) is 4.98 Å². The van der Waals surface area contributed by atoms with E-state index in [1.165, 1.54) is 27.8 Å². The van der Waals surface area contributed by atoms with Gasteiger partial charge in [0, 0.05) is 25.2 Å². The van der Waals surface area contributed by atoms with Gasteiger partial charge in [0.15, 0.2) is 5.13 Å². The number of carbonyl (C=O) groups excluding carboxylic acids is 1. The van der Waals surface area contributed by atoms with Crippen LogP contribution >= 0.6 is 11.3 Å².